The van der Waals surface area contributed by atoms with E-state index in [2.05, 4.69) is 35.9 Å². The summed E-state index contributed by atoms with van der Waals surface area (Å²) in [6.45, 7) is 16.0. The Kier molecular flexibility index (Phi) is 10.5. The number of rotatable bonds is 5. The van der Waals surface area contributed by atoms with Crippen molar-refractivity contribution in [2.45, 2.75) is 33.6 Å². The number of likely N-dealkylation sites (tertiary alicyclic amines) is 1. The number of nitrogens with zero attached hydrogens (tertiary/aromatic N) is 3. The molecule has 2 heterocycles. The number of hydrogen-bond acceptors (Lipinski definition) is 3. The Morgan fingerprint density at radius 3 is 2.70 bits per heavy atom. The summed E-state index contributed by atoms with van der Waals surface area (Å²) < 4.78 is 5.41. The topological polar surface area (TPSA) is 40.1 Å². The van der Waals surface area contributed by atoms with Crippen LogP contribution >= 0.6 is 24.0 Å². The molecule has 0 amide bonds. The molecule has 5 nitrogen and oxygen atoms in total. The van der Waals surface area contributed by atoms with Gasteiger partial charge in [-0.05, 0) is 31.6 Å². The number of morpholine rings is 1. The largest absolute Gasteiger partial charge is 0.379 e. The second-order valence-electron chi connectivity index (χ2n) is 6.91. The fourth-order valence-corrected chi connectivity index (χ4v) is 3.33. The quantitative estimate of drug-likeness (QED) is 0.406. The zero-order valence-corrected chi connectivity index (χ0v) is 17.4. The van der Waals surface area contributed by atoms with Crippen molar-refractivity contribution in [3.05, 3.63) is 0 Å². The molecule has 2 rings (SSSR count). The van der Waals surface area contributed by atoms with E-state index in [1.165, 1.54) is 12.8 Å². The number of halogens is 1. The highest BCUT2D eigenvalue weighted by molar-refractivity contribution is 14.0. The minimum atomic E-state index is 0. The first-order valence-electron chi connectivity index (χ1n) is 9.02. The Morgan fingerprint density at radius 2 is 2.04 bits per heavy atom. The predicted molar refractivity (Wildman–Crippen MR) is 108 cm³/mol. The van der Waals surface area contributed by atoms with E-state index >= 15 is 0 Å². The van der Waals surface area contributed by atoms with Crippen molar-refractivity contribution in [2.75, 3.05) is 59.0 Å². The first-order valence-corrected chi connectivity index (χ1v) is 9.02. The minimum Gasteiger partial charge on any atom is -0.379 e. The summed E-state index contributed by atoms with van der Waals surface area (Å²) in [6.07, 6.45) is 2.64. The normalized spacial score (nSPS) is 24.9. The molecule has 2 unspecified atom stereocenters. The molecule has 0 bridgehead atoms. The molecule has 0 aliphatic carbocycles. The molecule has 0 saturated carbocycles. The van der Waals surface area contributed by atoms with Gasteiger partial charge in [-0.3, -0.25) is 9.89 Å². The summed E-state index contributed by atoms with van der Waals surface area (Å²) in [5.74, 6) is 2.49. The van der Waals surface area contributed by atoms with Crippen LogP contribution in [0.2, 0.25) is 0 Å². The highest BCUT2D eigenvalue weighted by Crippen LogP contribution is 2.15. The molecule has 0 radical (unpaired) electrons. The Morgan fingerprint density at radius 1 is 1.30 bits per heavy atom. The number of guanidine groups is 1. The van der Waals surface area contributed by atoms with Crippen LogP contribution in [0.3, 0.4) is 0 Å². The second kappa shape index (κ2) is 11.5. The van der Waals surface area contributed by atoms with Gasteiger partial charge in [0, 0.05) is 45.8 Å². The lowest BCUT2D eigenvalue weighted by atomic mass is 10.0. The zero-order valence-electron chi connectivity index (χ0n) is 15.1. The Hall–Kier alpha value is -0.0800. The van der Waals surface area contributed by atoms with Crippen LogP contribution in [0.1, 0.15) is 33.6 Å². The van der Waals surface area contributed by atoms with Gasteiger partial charge in [0.25, 0.3) is 0 Å². The average Bonchev–Trinajstić information content (AvgIpc) is 2.52. The summed E-state index contributed by atoms with van der Waals surface area (Å²) in [6, 6.07) is 0. The third kappa shape index (κ3) is 7.56. The fourth-order valence-electron chi connectivity index (χ4n) is 3.33. The molecule has 2 aliphatic rings. The highest BCUT2D eigenvalue weighted by Gasteiger charge is 2.19. The second-order valence-corrected chi connectivity index (χ2v) is 6.91. The van der Waals surface area contributed by atoms with Crippen molar-refractivity contribution < 1.29 is 4.74 Å². The predicted octanol–water partition coefficient (Wildman–Crippen LogP) is 2.27. The highest BCUT2D eigenvalue weighted by atomic mass is 127. The molecule has 136 valence electrons. The Labute approximate surface area is 159 Å². The van der Waals surface area contributed by atoms with Gasteiger partial charge in [0.05, 0.1) is 13.2 Å². The number of aliphatic imine (C=N–C) groups is 1. The molecular formula is C17H35IN4O. The minimum absolute atomic E-state index is 0. The van der Waals surface area contributed by atoms with E-state index in [0.29, 0.717) is 5.92 Å². The third-order valence-corrected chi connectivity index (χ3v) is 4.52. The van der Waals surface area contributed by atoms with Gasteiger partial charge >= 0.3 is 0 Å². The van der Waals surface area contributed by atoms with E-state index in [-0.39, 0.29) is 24.0 Å². The third-order valence-electron chi connectivity index (χ3n) is 4.52. The molecule has 0 aromatic carbocycles. The molecule has 2 aliphatic heterocycles. The summed E-state index contributed by atoms with van der Waals surface area (Å²) in [4.78, 5) is 9.85. The van der Waals surface area contributed by atoms with E-state index in [9.17, 15) is 0 Å². The van der Waals surface area contributed by atoms with Gasteiger partial charge in [0.15, 0.2) is 5.96 Å². The molecule has 2 fully saturated rings. The SMILES string of the molecule is CCNC(=NCC(C)CN1CCOCC1)N1CCCC(C)C1.I. The molecule has 0 aromatic heterocycles. The molecule has 0 spiro atoms. The van der Waals surface area contributed by atoms with E-state index in [1.807, 2.05) is 0 Å². The van der Waals surface area contributed by atoms with Crippen LogP contribution in [0.15, 0.2) is 4.99 Å². The van der Waals surface area contributed by atoms with E-state index < -0.39 is 0 Å². The van der Waals surface area contributed by atoms with Crippen LogP contribution in [0.25, 0.3) is 0 Å². The summed E-state index contributed by atoms with van der Waals surface area (Å²) in [5, 5.41) is 3.47. The molecule has 6 heteroatoms. The molecule has 2 atom stereocenters. The van der Waals surface area contributed by atoms with Crippen molar-refractivity contribution in [2.24, 2.45) is 16.8 Å². The van der Waals surface area contributed by atoms with E-state index in [1.54, 1.807) is 0 Å². The lowest BCUT2D eigenvalue weighted by Crippen LogP contribution is -2.46. The lowest BCUT2D eigenvalue weighted by molar-refractivity contribution is 0.0323. The summed E-state index contributed by atoms with van der Waals surface area (Å²) in [7, 11) is 0. The van der Waals surface area contributed by atoms with Crippen LogP contribution in [-0.2, 0) is 4.74 Å². The van der Waals surface area contributed by atoms with Gasteiger partial charge in [-0.15, -0.1) is 24.0 Å². The van der Waals surface area contributed by atoms with Crippen molar-refractivity contribution in [3.63, 3.8) is 0 Å². The van der Waals surface area contributed by atoms with Crippen molar-refractivity contribution in [3.8, 4) is 0 Å². The van der Waals surface area contributed by atoms with Gasteiger partial charge in [0.2, 0.25) is 0 Å². The maximum Gasteiger partial charge on any atom is 0.193 e. The molecular weight excluding hydrogens is 403 g/mol. The molecule has 1 N–H and O–H groups in total. The standard InChI is InChI=1S/C17H34N4O.HI/c1-4-18-17(21-7-5-6-15(2)14-21)19-12-16(3)13-20-8-10-22-11-9-20;/h15-16H,4-14H2,1-3H3,(H,18,19);1H. The smallest absolute Gasteiger partial charge is 0.193 e. The number of nitrogens with one attached hydrogen (secondary N) is 1. The molecule has 23 heavy (non-hydrogen) atoms. The first kappa shape index (κ1) is 21.0. The maximum absolute atomic E-state index is 5.41. The van der Waals surface area contributed by atoms with Gasteiger partial charge in [-0.25, -0.2) is 0 Å². The van der Waals surface area contributed by atoms with Crippen LogP contribution in [0, 0.1) is 11.8 Å². The number of hydrogen-bond donors (Lipinski definition) is 1. The van der Waals surface area contributed by atoms with Crippen LogP contribution in [0.5, 0.6) is 0 Å². The monoisotopic (exact) mass is 438 g/mol. The van der Waals surface area contributed by atoms with Crippen molar-refractivity contribution in [1.29, 1.82) is 0 Å². The summed E-state index contributed by atoms with van der Waals surface area (Å²) >= 11 is 0. The lowest BCUT2D eigenvalue weighted by Gasteiger charge is -2.34. The number of ether oxygens (including phenoxy) is 1. The average molecular weight is 438 g/mol. The molecule has 2 saturated heterocycles. The van der Waals surface area contributed by atoms with Crippen molar-refractivity contribution in [1.82, 2.24) is 15.1 Å². The Balaban J connectivity index is 0.00000264. The van der Waals surface area contributed by atoms with Crippen LogP contribution < -0.4 is 5.32 Å². The Bertz CT molecular complexity index is 347. The summed E-state index contributed by atoms with van der Waals surface area (Å²) in [5.41, 5.74) is 0. The number of piperidine rings is 1. The maximum atomic E-state index is 5.41. The van der Waals surface area contributed by atoms with Gasteiger partial charge < -0.3 is 15.0 Å². The first-order chi connectivity index (χ1) is 10.7. The van der Waals surface area contributed by atoms with Gasteiger partial charge in [-0.1, -0.05) is 13.8 Å². The van der Waals surface area contributed by atoms with Crippen LogP contribution in [-0.4, -0.2) is 74.8 Å². The zero-order chi connectivity index (χ0) is 15.8. The van der Waals surface area contributed by atoms with E-state index in [4.69, 9.17) is 9.73 Å². The van der Waals surface area contributed by atoms with E-state index in [0.717, 1.165) is 70.9 Å². The van der Waals surface area contributed by atoms with Crippen molar-refractivity contribution >= 4 is 29.9 Å². The molecule has 0 aromatic rings. The van der Waals surface area contributed by atoms with Gasteiger partial charge in [-0.2, -0.15) is 0 Å². The van der Waals surface area contributed by atoms with Crippen LogP contribution in [0.4, 0.5) is 0 Å². The fraction of sp³-hybridized carbons (Fsp3) is 0.941. The van der Waals surface area contributed by atoms with Gasteiger partial charge in [0.1, 0.15) is 0 Å².